The molecule has 0 amide bonds. The first-order valence-corrected chi connectivity index (χ1v) is 4.02. The number of aliphatic carboxylic acids is 1. The molecule has 0 aromatic carbocycles. The third-order valence-electron chi connectivity index (χ3n) is 2.97. The van der Waals surface area contributed by atoms with Crippen LogP contribution in [0.4, 0.5) is 0 Å². The van der Waals surface area contributed by atoms with E-state index in [0.29, 0.717) is 12.3 Å². The zero-order valence-electron chi connectivity index (χ0n) is 6.53. The topological polar surface area (TPSA) is 61.1 Å². The first-order chi connectivity index (χ1) is 5.69. The largest absolute Gasteiger partial charge is 0.480 e. The van der Waals surface area contributed by atoms with Gasteiger partial charge < -0.3 is 5.11 Å². The molecule has 1 saturated carbocycles. The zero-order chi connectivity index (χ0) is 8.77. The van der Waals surface area contributed by atoms with Gasteiger partial charge in [0.25, 0.3) is 0 Å². The predicted octanol–water partition coefficient (Wildman–Crippen LogP) is 1.18. The summed E-state index contributed by atoms with van der Waals surface area (Å²) in [5.41, 5.74) is -1.11. The Morgan fingerprint density at radius 2 is 2.42 bits per heavy atom. The van der Waals surface area contributed by atoms with Crippen LogP contribution in [-0.2, 0) is 4.79 Å². The highest BCUT2D eigenvalue weighted by Crippen LogP contribution is 2.51. The summed E-state index contributed by atoms with van der Waals surface area (Å²) in [5, 5.41) is 17.8. The second kappa shape index (κ2) is 2.10. The van der Waals surface area contributed by atoms with Crippen molar-refractivity contribution >= 4 is 5.97 Å². The molecule has 3 nitrogen and oxygen atoms in total. The number of nitriles is 1. The molecule has 3 unspecified atom stereocenters. The van der Waals surface area contributed by atoms with Gasteiger partial charge in [-0.1, -0.05) is 12.2 Å². The molecule has 2 aliphatic rings. The zero-order valence-corrected chi connectivity index (χ0v) is 6.53. The number of hydrogen-bond acceptors (Lipinski definition) is 2. The minimum absolute atomic E-state index is 0.0509. The molecule has 3 atom stereocenters. The van der Waals surface area contributed by atoms with Gasteiger partial charge in [0.1, 0.15) is 0 Å². The van der Waals surface area contributed by atoms with Gasteiger partial charge in [-0.2, -0.15) is 5.26 Å². The predicted molar refractivity (Wildman–Crippen MR) is 41.0 cm³/mol. The second-order valence-corrected chi connectivity index (χ2v) is 3.58. The molecule has 2 bridgehead atoms. The first-order valence-electron chi connectivity index (χ1n) is 4.02. The van der Waals surface area contributed by atoms with E-state index in [1.807, 2.05) is 18.2 Å². The number of fused-ring (bicyclic) bond motifs is 2. The summed E-state index contributed by atoms with van der Waals surface area (Å²) in [4.78, 5) is 10.9. The first kappa shape index (κ1) is 7.35. The molecule has 0 aliphatic heterocycles. The molecule has 0 aromatic heterocycles. The molecule has 3 heteroatoms. The van der Waals surface area contributed by atoms with E-state index in [1.165, 1.54) is 0 Å². The number of allylic oxidation sites excluding steroid dienone is 2. The molecule has 1 fully saturated rings. The molecule has 0 aromatic rings. The van der Waals surface area contributed by atoms with Crippen molar-refractivity contribution in [3.63, 3.8) is 0 Å². The summed E-state index contributed by atoms with van der Waals surface area (Å²) in [5.74, 6) is -0.683. The van der Waals surface area contributed by atoms with Crippen molar-refractivity contribution in [3.05, 3.63) is 12.2 Å². The number of carboxylic acids is 1. The lowest BCUT2D eigenvalue weighted by atomic mass is 9.77. The third-order valence-corrected chi connectivity index (χ3v) is 2.97. The Bertz CT molecular complexity index is 302. The van der Waals surface area contributed by atoms with E-state index in [2.05, 4.69) is 0 Å². The van der Waals surface area contributed by atoms with Crippen LogP contribution in [0, 0.1) is 28.6 Å². The van der Waals surface area contributed by atoms with E-state index in [9.17, 15) is 4.79 Å². The Balaban J connectivity index is 2.40. The molecule has 0 radical (unpaired) electrons. The minimum atomic E-state index is -1.11. The van der Waals surface area contributed by atoms with Crippen LogP contribution in [0.15, 0.2) is 12.2 Å². The lowest BCUT2D eigenvalue weighted by molar-refractivity contribution is -0.146. The fraction of sp³-hybridized carbons (Fsp3) is 0.556. The smallest absolute Gasteiger partial charge is 0.324 e. The van der Waals surface area contributed by atoms with Crippen molar-refractivity contribution in [3.8, 4) is 6.07 Å². The van der Waals surface area contributed by atoms with Crippen molar-refractivity contribution in [2.75, 3.05) is 0 Å². The summed E-state index contributed by atoms with van der Waals surface area (Å²) in [7, 11) is 0. The molecule has 12 heavy (non-hydrogen) atoms. The normalized spacial score (nSPS) is 42.9. The van der Waals surface area contributed by atoms with Crippen LogP contribution in [-0.4, -0.2) is 11.1 Å². The average molecular weight is 163 g/mol. The minimum Gasteiger partial charge on any atom is -0.480 e. The number of hydrogen-bond donors (Lipinski definition) is 1. The van der Waals surface area contributed by atoms with Crippen molar-refractivity contribution < 1.29 is 9.90 Å². The summed E-state index contributed by atoms with van der Waals surface area (Å²) < 4.78 is 0. The number of carboxylic acid groups (broad SMARTS) is 1. The van der Waals surface area contributed by atoms with Gasteiger partial charge >= 0.3 is 5.97 Å². The maximum atomic E-state index is 10.9. The Hall–Kier alpha value is -1.30. The van der Waals surface area contributed by atoms with E-state index in [-0.39, 0.29) is 5.92 Å². The summed E-state index contributed by atoms with van der Waals surface area (Å²) in [6, 6.07) is 1.96. The molecule has 62 valence electrons. The van der Waals surface area contributed by atoms with E-state index >= 15 is 0 Å². The van der Waals surface area contributed by atoms with Gasteiger partial charge in [-0.15, -0.1) is 0 Å². The Morgan fingerprint density at radius 3 is 2.67 bits per heavy atom. The SMILES string of the molecule is N#CC1(C(=O)O)CC2C=CC1C2. The van der Waals surface area contributed by atoms with Crippen LogP contribution in [0.25, 0.3) is 0 Å². The molecule has 1 N–H and O–H groups in total. The summed E-state index contributed by atoms with van der Waals surface area (Å²) in [6.45, 7) is 0. The van der Waals surface area contributed by atoms with Gasteiger partial charge in [-0.3, -0.25) is 4.79 Å². The van der Waals surface area contributed by atoms with E-state index in [0.717, 1.165) is 6.42 Å². The highest BCUT2D eigenvalue weighted by molar-refractivity contribution is 5.80. The van der Waals surface area contributed by atoms with E-state index < -0.39 is 11.4 Å². The molecule has 2 aliphatic carbocycles. The lowest BCUT2D eigenvalue weighted by Gasteiger charge is -2.22. The van der Waals surface area contributed by atoms with Gasteiger partial charge in [0.05, 0.1) is 6.07 Å². The Kier molecular flexibility index (Phi) is 1.29. The fourth-order valence-corrected chi connectivity index (χ4v) is 2.28. The van der Waals surface area contributed by atoms with E-state index in [1.54, 1.807) is 0 Å². The van der Waals surface area contributed by atoms with E-state index in [4.69, 9.17) is 10.4 Å². The van der Waals surface area contributed by atoms with Gasteiger partial charge in [0.15, 0.2) is 5.41 Å². The van der Waals surface area contributed by atoms with Crippen LogP contribution in [0.3, 0.4) is 0 Å². The maximum absolute atomic E-state index is 10.9. The monoisotopic (exact) mass is 163 g/mol. The summed E-state index contributed by atoms with van der Waals surface area (Å²) in [6.07, 6.45) is 5.26. The average Bonchev–Trinajstić information content (AvgIpc) is 2.62. The maximum Gasteiger partial charge on any atom is 0.324 e. The number of nitrogens with zero attached hydrogens (tertiary/aromatic N) is 1. The van der Waals surface area contributed by atoms with Crippen LogP contribution in [0.5, 0.6) is 0 Å². The highest BCUT2D eigenvalue weighted by Gasteiger charge is 2.54. The Morgan fingerprint density at radius 1 is 1.67 bits per heavy atom. The van der Waals surface area contributed by atoms with Gasteiger partial charge in [-0.05, 0) is 18.8 Å². The standard InChI is InChI=1S/C9H9NO2/c10-5-9(8(11)12)4-6-1-2-7(9)3-6/h1-2,6-7H,3-4H2,(H,11,12). The summed E-state index contributed by atoms with van der Waals surface area (Å²) >= 11 is 0. The molecular formula is C9H9NO2. The number of carbonyl (C=O) groups is 1. The van der Waals surface area contributed by atoms with Crippen molar-refractivity contribution in [1.82, 2.24) is 0 Å². The van der Waals surface area contributed by atoms with Crippen molar-refractivity contribution in [1.29, 1.82) is 5.26 Å². The third kappa shape index (κ3) is 0.672. The lowest BCUT2D eigenvalue weighted by Crippen LogP contribution is -2.33. The van der Waals surface area contributed by atoms with Crippen molar-refractivity contribution in [2.24, 2.45) is 17.3 Å². The molecule has 0 spiro atoms. The number of rotatable bonds is 1. The molecular weight excluding hydrogens is 154 g/mol. The van der Waals surface area contributed by atoms with Gasteiger partial charge in [-0.25, -0.2) is 0 Å². The molecule has 0 heterocycles. The fourth-order valence-electron chi connectivity index (χ4n) is 2.28. The highest BCUT2D eigenvalue weighted by atomic mass is 16.4. The second-order valence-electron chi connectivity index (χ2n) is 3.58. The van der Waals surface area contributed by atoms with Crippen molar-refractivity contribution in [2.45, 2.75) is 12.8 Å². The van der Waals surface area contributed by atoms with Crippen LogP contribution in [0.2, 0.25) is 0 Å². The quantitative estimate of drug-likeness (QED) is 0.590. The van der Waals surface area contributed by atoms with Crippen LogP contribution in [0.1, 0.15) is 12.8 Å². The van der Waals surface area contributed by atoms with Crippen LogP contribution >= 0.6 is 0 Å². The van der Waals surface area contributed by atoms with Crippen LogP contribution < -0.4 is 0 Å². The Labute approximate surface area is 70.3 Å². The van der Waals surface area contributed by atoms with Gasteiger partial charge in [0.2, 0.25) is 0 Å². The van der Waals surface area contributed by atoms with Gasteiger partial charge in [0, 0.05) is 5.92 Å². The molecule has 0 saturated heterocycles. The molecule has 2 rings (SSSR count).